The van der Waals surface area contributed by atoms with Crippen molar-refractivity contribution in [3.8, 4) is 0 Å². The summed E-state index contributed by atoms with van der Waals surface area (Å²) in [5.74, 6) is -0.207. The highest BCUT2D eigenvalue weighted by atomic mass is 19.4. The summed E-state index contributed by atoms with van der Waals surface area (Å²) >= 11 is 0. The molecule has 3 aromatic rings. The van der Waals surface area contributed by atoms with Crippen molar-refractivity contribution in [2.75, 3.05) is 40.9 Å². The second-order valence-corrected chi connectivity index (χ2v) is 9.28. The first-order valence-corrected chi connectivity index (χ1v) is 12.5. The molecule has 1 fully saturated rings. The number of nitrogens with two attached hydrogens (primary N) is 1. The maximum Gasteiger partial charge on any atom is 0.416 e. The van der Waals surface area contributed by atoms with Gasteiger partial charge in [-0.25, -0.2) is 14.8 Å². The molecule has 13 heteroatoms. The van der Waals surface area contributed by atoms with Crippen LogP contribution in [0.15, 0.2) is 54.9 Å². The molecule has 0 radical (unpaired) electrons. The number of amides is 4. The van der Waals surface area contributed by atoms with Gasteiger partial charge >= 0.3 is 12.2 Å². The average Bonchev–Trinajstić information content (AvgIpc) is 3.32. The Kier molecular flexibility index (Phi) is 8.51. The summed E-state index contributed by atoms with van der Waals surface area (Å²) in [6.07, 6.45) is -1.51. The zero-order valence-corrected chi connectivity index (χ0v) is 21.7. The molecule has 1 aliphatic heterocycles. The normalized spacial score (nSPS) is 13.3. The van der Waals surface area contributed by atoms with Crippen LogP contribution in [0.3, 0.4) is 0 Å². The molecule has 40 heavy (non-hydrogen) atoms. The van der Waals surface area contributed by atoms with Crippen LogP contribution in [-0.4, -0.2) is 52.3 Å². The zero-order chi connectivity index (χ0) is 28.9. The van der Waals surface area contributed by atoms with E-state index >= 15 is 0 Å². The highest BCUT2D eigenvalue weighted by molar-refractivity contribution is 6.05. The number of benzene rings is 2. The second kappa shape index (κ2) is 12.0. The average molecular weight is 556 g/mol. The van der Waals surface area contributed by atoms with E-state index in [1.54, 1.807) is 24.0 Å². The number of carbonyl (C=O) groups excluding carboxylic acids is 3. The Bertz CT molecular complexity index is 1410. The third-order valence-electron chi connectivity index (χ3n) is 6.37. The lowest BCUT2D eigenvalue weighted by Crippen LogP contribution is -2.38. The highest BCUT2D eigenvalue weighted by Gasteiger charge is 2.31. The van der Waals surface area contributed by atoms with Crippen LogP contribution >= 0.6 is 0 Å². The summed E-state index contributed by atoms with van der Waals surface area (Å²) < 4.78 is 39.2. The van der Waals surface area contributed by atoms with Gasteiger partial charge in [-0.15, -0.1) is 0 Å². The molecule has 0 aliphatic carbocycles. The van der Waals surface area contributed by atoms with Crippen LogP contribution in [-0.2, 0) is 11.0 Å². The van der Waals surface area contributed by atoms with Crippen molar-refractivity contribution in [3.63, 3.8) is 0 Å². The minimum atomic E-state index is -4.58. The predicted molar refractivity (Wildman–Crippen MR) is 144 cm³/mol. The number of likely N-dealkylation sites (tertiary alicyclic amines) is 1. The van der Waals surface area contributed by atoms with E-state index in [4.69, 9.17) is 5.73 Å². The van der Waals surface area contributed by atoms with E-state index in [9.17, 15) is 27.6 Å². The third kappa shape index (κ3) is 7.04. The summed E-state index contributed by atoms with van der Waals surface area (Å²) in [5.41, 5.74) is 6.02. The van der Waals surface area contributed by atoms with Gasteiger partial charge in [-0.1, -0.05) is 12.1 Å². The van der Waals surface area contributed by atoms with Crippen molar-refractivity contribution in [2.24, 2.45) is 0 Å². The maximum absolute atomic E-state index is 13.4. The van der Waals surface area contributed by atoms with Gasteiger partial charge in [-0.2, -0.15) is 13.2 Å². The van der Waals surface area contributed by atoms with Crippen molar-refractivity contribution in [1.82, 2.24) is 14.9 Å². The van der Waals surface area contributed by atoms with Gasteiger partial charge in [-0.3, -0.25) is 14.5 Å². The lowest BCUT2D eigenvalue weighted by atomic mass is 10.1. The molecule has 4 amide bonds. The summed E-state index contributed by atoms with van der Waals surface area (Å²) in [4.78, 5) is 49.2. The standard InChI is InChI=1S/C27H28F3N7O3/c1-17-8-9-20(34-25(39)18-5-2-6-19(13-18)27(28,29)30)14-21(17)35-26(40)37(23-15-22(31)32-16-33-23)12-4-11-36-10-3-7-24(36)38/h2,5-6,8-9,13-16H,3-4,7,10-12H2,1H3,(H,34,39)(H,35,40)(H2,31,32,33). The first-order chi connectivity index (χ1) is 19.0. The fraction of sp³-hybridized carbons (Fsp3) is 0.296. The van der Waals surface area contributed by atoms with Gasteiger partial charge in [0, 0.05) is 49.1 Å². The van der Waals surface area contributed by atoms with Crippen LogP contribution in [0.4, 0.5) is 41.0 Å². The van der Waals surface area contributed by atoms with E-state index in [1.807, 2.05) is 0 Å². The van der Waals surface area contributed by atoms with Gasteiger partial charge in [0.05, 0.1) is 5.56 Å². The number of hydrogen-bond acceptors (Lipinski definition) is 6. The molecule has 2 aromatic carbocycles. The van der Waals surface area contributed by atoms with Crippen LogP contribution in [0.2, 0.25) is 0 Å². The van der Waals surface area contributed by atoms with Crippen LogP contribution < -0.4 is 21.3 Å². The smallest absolute Gasteiger partial charge is 0.384 e. The summed E-state index contributed by atoms with van der Waals surface area (Å²) in [7, 11) is 0. The number of rotatable bonds is 8. The van der Waals surface area contributed by atoms with Crippen molar-refractivity contribution in [3.05, 3.63) is 71.5 Å². The first kappa shape index (κ1) is 28.3. The van der Waals surface area contributed by atoms with Gasteiger partial charge in [0.25, 0.3) is 5.91 Å². The molecular formula is C27H28F3N7O3. The van der Waals surface area contributed by atoms with Crippen LogP contribution in [0.1, 0.15) is 40.7 Å². The SMILES string of the molecule is Cc1ccc(NC(=O)c2cccc(C(F)(F)F)c2)cc1NC(=O)N(CCCN1CCCC1=O)c1cc(N)ncn1. The Balaban J connectivity index is 1.49. The van der Waals surface area contributed by atoms with E-state index in [0.717, 1.165) is 24.6 Å². The topological polar surface area (TPSA) is 134 Å². The van der Waals surface area contributed by atoms with Crippen molar-refractivity contribution >= 4 is 40.9 Å². The largest absolute Gasteiger partial charge is 0.416 e. The Morgan fingerprint density at radius 2 is 1.90 bits per heavy atom. The number of hydrogen-bond donors (Lipinski definition) is 3. The Morgan fingerprint density at radius 3 is 2.60 bits per heavy atom. The van der Waals surface area contributed by atoms with Gasteiger partial charge in [0.2, 0.25) is 5.91 Å². The van der Waals surface area contributed by atoms with E-state index in [-0.39, 0.29) is 35.3 Å². The number of alkyl halides is 3. The fourth-order valence-corrected chi connectivity index (χ4v) is 4.25. The summed E-state index contributed by atoms with van der Waals surface area (Å²) in [5, 5.41) is 5.37. The second-order valence-electron chi connectivity index (χ2n) is 9.28. The molecule has 0 bridgehead atoms. The lowest BCUT2D eigenvalue weighted by Gasteiger charge is -2.24. The van der Waals surface area contributed by atoms with Crippen molar-refractivity contribution < 1.29 is 27.6 Å². The summed E-state index contributed by atoms with van der Waals surface area (Å²) in [6.45, 7) is 3.15. The number of carbonyl (C=O) groups is 3. The Morgan fingerprint density at radius 1 is 1.10 bits per heavy atom. The van der Waals surface area contributed by atoms with Gasteiger partial charge in [-0.05, 0) is 55.7 Å². The molecule has 210 valence electrons. The zero-order valence-electron chi connectivity index (χ0n) is 21.7. The molecule has 4 N–H and O–H groups in total. The third-order valence-corrected chi connectivity index (χ3v) is 6.37. The molecule has 0 saturated carbocycles. The van der Waals surface area contributed by atoms with Gasteiger partial charge in [0.15, 0.2) is 0 Å². The fourth-order valence-electron chi connectivity index (χ4n) is 4.25. The maximum atomic E-state index is 13.4. The van der Waals surface area contributed by atoms with Crippen LogP contribution in [0.25, 0.3) is 0 Å². The molecule has 2 heterocycles. The molecule has 1 saturated heterocycles. The summed E-state index contributed by atoms with van der Waals surface area (Å²) in [6, 6.07) is 9.76. The van der Waals surface area contributed by atoms with Crippen molar-refractivity contribution in [2.45, 2.75) is 32.4 Å². The molecule has 0 atom stereocenters. The molecule has 4 rings (SSSR count). The highest BCUT2D eigenvalue weighted by Crippen LogP contribution is 2.30. The van der Waals surface area contributed by atoms with Gasteiger partial charge < -0.3 is 21.3 Å². The molecule has 1 aromatic heterocycles. The minimum Gasteiger partial charge on any atom is -0.384 e. The van der Waals surface area contributed by atoms with E-state index in [0.29, 0.717) is 37.2 Å². The number of nitrogens with one attached hydrogen (secondary N) is 2. The molecular weight excluding hydrogens is 527 g/mol. The van der Waals surface area contributed by atoms with Gasteiger partial charge in [0.1, 0.15) is 18.0 Å². The Labute approximate surface area is 228 Å². The van der Waals surface area contributed by atoms with E-state index in [1.165, 1.54) is 29.4 Å². The molecule has 1 aliphatic rings. The molecule has 0 spiro atoms. The first-order valence-electron chi connectivity index (χ1n) is 12.5. The number of urea groups is 1. The monoisotopic (exact) mass is 555 g/mol. The Hall–Kier alpha value is -4.68. The van der Waals surface area contributed by atoms with E-state index < -0.39 is 23.7 Å². The lowest BCUT2D eigenvalue weighted by molar-refractivity contribution is -0.137. The number of aromatic nitrogens is 2. The minimum absolute atomic E-state index is 0.0851. The van der Waals surface area contributed by atoms with Crippen LogP contribution in [0, 0.1) is 6.92 Å². The predicted octanol–water partition coefficient (Wildman–Crippen LogP) is 4.69. The number of nitrogen functional groups attached to an aromatic ring is 1. The number of aryl methyl sites for hydroxylation is 1. The number of halogens is 3. The number of nitrogens with zero attached hydrogens (tertiary/aromatic N) is 4. The number of anilines is 4. The molecule has 10 nitrogen and oxygen atoms in total. The van der Waals surface area contributed by atoms with Crippen LogP contribution in [0.5, 0.6) is 0 Å². The van der Waals surface area contributed by atoms with Crippen molar-refractivity contribution in [1.29, 1.82) is 0 Å². The molecule has 0 unspecified atom stereocenters. The quantitative estimate of drug-likeness (QED) is 0.369. The van der Waals surface area contributed by atoms with E-state index in [2.05, 4.69) is 20.6 Å².